The van der Waals surface area contributed by atoms with Gasteiger partial charge in [0.25, 0.3) is 0 Å². The molecule has 0 amide bonds. The second-order valence-corrected chi connectivity index (χ2v) is 5.94. The third-order valence-electron chi connectivity index (χ3n) is 3.24. The van der Waals surface area contributed by atoms with Crippen LogP contribution in [0.25, 0.3) is 0 Å². The highest BCUT2D eigenvalue weighted by Gasteiger charge is 2.36. The van der Waals surface area contributed by atoms with Crippen LogP contribution in [-0.4, -0.2) is 9.46 Å². The Morgan fingerprint density at radius 3 is 2.56 bits per heavy atom. The molecule has 0 spiro atoms. The van der Waals surface area contributed by atoms with Crippen molar-refractivity contribution in [2.24, 2.45) is 11.7 Å². The second kappa shape index (κ2) is 3.89. The average Bonchev–Trinajstić information content (AvgIpc) is 2.22. The minimum Gasteiger partial charge on any atom is -0.324 e. The van der Waals surface area contributed by atoms with Crippen molar-refractivity contribution < 1.29 is 13.0 Å². The van der Waals surface area contributed by atoms with Crippen molar-refractivity contribution in [3.8, 4) is 0 Å². The van der Waals surface area contributed by atoms with Crippen LogP contribution < -0.4 is 5.73 Å². The van der Waals surface area contributed by atoms with E-state index in [4.69, 9.17) is 5.73 Å². The molecule has 4 atom stereocenters. The van der Waals surface area contributed by atoms with E-state index in [0.717, 1.165) is 6.07 Å². The number of benzene rings is 1. The largest absolute Gasteiger partial charge is 0.324 e. The predicted molar refractivity (Wildman–Crippen MR) is 58.3 cm³/mol. The Morgan fingerprint density at radius 2 is 1.94 bits per heavy atom. The van der Waals surface area contributed by atoms with Crippen LogP contribution in [0.1, 0.15) is 25.5 Å². The van der Waals surface area contributed by atoms with Crippen molar-refractivity contribution in [3.05, 3.63) is 29.3 Å². The summed E-state index contributed by atoms with van der Waals surface area (Å²) in [5.41, 5.74) is 6.25. The fraction of sp³-hybridized carbons (Fsp3) is 0.455. The van der Waals surface area contributed by atoms with E-state index >= 15 is 0 Å². The Labute approximate surface area is 95.3 Å². The lowest BCUT2D eigenvalue weighted by Gasteiger charge is -2.33. The Hall–Kier alpha value is -0.810. The average molecular weight is 245 g/mol. The highest BCUT2D eigenvalue weighted by molar-refractivity contribution is 7.85. The Kier molecular flexibility index (Phi) is 2.84. The summed E-state index contributed by atoms with van der Waals surface area (Å²) in [6, 6.07) is 1.48. The molecule has 0 saturated carbocycles. The number of halogens is 2. The lowest BCUT2D eigenvalue weighted by Crippen LogP contribution is -2.36. The molecule has 0 fully saturated rings. The second-order valence-electron chi connectivity index (χ2n) is 4.19. The molecular weight excluding hydrogens is 232 g/mol. The number of hydrogen-bond donors (Lipinski definition) is 1. The van der Waals surface area contributed by atoms with E-state index in [2.05, 4.69) is 0 Å². The van der Waals surface area contributed by atoms with E-state index in [-0.39, 0.29) is 16.1 Å². The molecule has 0 saturated heterocycles. The summed E-state index contributed by atoms with van der Waals surface area (Å²) in [5, 5.41) is -0.220. The van der Waals surface area contributed by atoms with E-state index in [1.807, 2.05) is 6.92 Å². The van der Waals surface area contributed by atoms with Gasteiger partial charge in [-0.25, -0.2) is 8.78 Å². The van der Waals surface area contributed by atoms with E-state index in [9.17, 15) is 13.0 Å². The SMILES string of the molecule is CC1C(N)c2cc(F)cc(F)c2S(=O)C1C. The first-order valence-electron chi connectivity index (χ1n) is 5.08. The zero-order valence-corrected chi connectivity index (χ0v) is 9.85. The summed E-state index contributed by atoms with van der Waals surface area (Å²) in [6.07, 6.45) is 0. The molecule has 0 aromatic heterocycles. The molecule has 0 aliphatic carbocycles. The molecule has 88 valence electrons. The van der Waals surface area contributed by atoms with Gasteiger partial charge in [0.05, 0.1) is 15.7 Å². The minimum atomic E-state index is -1.45. The van der Waals surface area contributed by atoms with Crippen LogP contribution in [-0.2, 0) is 10.8 Å². The highest BCUT2D eigenvalue weighted by atomic mass is 32.2. The van der Waals surface area contributed by atoms with Crippen molar-refractivity contribution in [3.63, 3.8) is 0 Å². The van der Waals surface area contributed by atoms with Gasteiger partial charge in [-0.2, -0.15) is 0 Å². The van der Waals surface area contributed by atoms with Crippen LogP contribution in [0.3, 0.4) is 0 Å². The number of hydrogen-bond acceptors (Lipinski definition) is 2. The monoisotopic (exact) mass is 245 g/mol. The zero-order valence-electron chi connectivity index (χ0n) is 9.04. The highest BCUT2D eigenvalue weighted by Crippen LogP contribution is 2.38. The maximum Gasteiger partial charge on any atom is 0.142 e. The molecule has 1 aliphatic rings. The van der Waals surface area contributed by atoms with Crippen LogP contribution in [0, 0.1) is 17.6 Å². The molecule has 1 aromatic rings. The fourth-order valence-electron chi connectivity index (χ4n) is 2.00. The summed E-state index contributed by atoms with van der Waals surface area (Å²) in [4.78, 5) is 0.0690. The van der Waals surface area contributed by atoms with Crippen LogP contribution in [0.15, 0.2) is 17.0 Å². The molecule has 16 heavy (non-hydrogen) atoms. The van der Waals surface area contributed by atoms with Crippen LogP contribution in [0.5, 0.6) is 0 Å². The van der Waals surface area contributed by atoms with Gasteiger partial charge >= 0.3 is 0 Å². The molecule has 5 heteroatoms. The molecule has 2 N–H and O–H groups in total. The standard InChI is InChI=1S/C11H13F2NOS/c1-5-6(2)16(15)11-8(10(5)14)3-7(12)4-9(11)13/h3-6,10H,14H2,1-2H3. The Bertz CT molecular complexity index is 464. The normalized spacial score (nSPS) is 33.6. The summed E-state index contributed by atoms with van der Waals surface area (Å²) in [7, 11) is -1.45. The Balaban J connectivity index is 2.68. The number of nitrogens with two attached hydrogens (primary N) is 1. The first-order valence-corrected chi connectivity index (χ1v) is 6.30. The topological polar surface area (TPSA) is 43.1 Å². The van der Waals surface area contributed by atoms with Crippen molar-refractivity contribution in [1.82, 2.24) is 0 Å². The summed E-state index contributed by atoms with van der Waals surface area (Å²) < 4.78 is 38.7. The minimum absolute atomic E-state index is 0.0606. The maximum atomic E-state index is 13.6. The third kappa shape index (κ3) is 1.58. The van der Waals surface area contributed by atoms with Gasteiger partial charge < -0.3 is 5.73 Å². The molecule has 2 nitrogen and oxygen atoms in total. The van der Waals surface area contributed by atoms with Crippen LogP contribution in [0.4, 0.5) is 8.78 Å². The van der Waals surface area contributed by atoms with Gasteiger partial charge in [-0.3, -0.25) is 4.21 Å². The van der Waals surface area contributed by atoms with Gasteiger partial charge in [0.2, 0.25) is 0 Å². The first kappa shape index (κ1) is 11.7. The maximum absolute atomic E-state index is 13.6. The van der Waals surface area contributed by atoms with Gasteiger partial charge in [0, 0.05) is 17.4 Å². The molecule has 1 heterocycles. The summed E-state index contributed by atoms with van der Waals surface area (Å²) in [6.45, 7) is 3.62. The van der Waals surface area contributed by atoms with Crippen molar-refractivity contribution in [2.45, 2.75) is 30.0 Å². The lowest BCUT2D eigenvalue weighted by atomic mass is 9.92. The van der Waals surface area contributed by atoms with Gasteiger partial charge in [-0.05, 0) is 17.5 Å². The molecule has 1 aromatic carbocycles. The van der Waals surface area contributed by atoms with Crippen molar-refractivity contribution in [1.29, 1.82) is 0 Å². The summed E-state index contributed by atoms with van der Waals surface area (Å²) in [5.74, 6) is -1.50. The first-order chi connectivity index (χ1) is 7.43. The quantitative estimate of drug-likeness (QED) is 0.760. The number of rotatable bonds is 0. The lowest BCUT2D eigenvalue weighted by molar-refractivity contribution is 0.428. The molecule has 0 bridgehead atoms. The zero-order chi connectivity index (χ0) is 12.0. The smallest absolute Gasteiger partial charge is 0.142 e. The van der Waals surface area contributed by atoms with E-state index in [1.54, 1.807) is 6.92 Å². The number of fused-ring (bicyclic) bond motifs is 1. The predicted octanol–water partition coefficient (Wildman–Crippen LogP) is 2.11. The fourth-order valence-corrected chi connectivity index (χ4v) is 3.61. The van der Waals surface area contributed by atoms with Crippen LogP contribution in [0.2, 0.25) is 0 Å². The Morgan fingerprint density at radius 1 is 1.31 bits per heavy atom. The van der Waals surface area contributed by atoms with Crippen molar-refractivity contribution in [2.75, 3.05) is 0 Å². The third-order valence-corrected chi connectivity index (χ3v) is 5.18. The molecule has 1 aliphatic heterocycles. The van der Waals surface area contributed by atoms with Gasteiger partial charge in [-0.1, -0.05) is 13.8 Å². The van der Waals surface area contributed by atoms with E-state index in [1.165, 1.54) is 6.07 Å². The van der Waals surface area contributed by atoms with Gasteiger partial charge in [0.1, 0.15) is 11.6 Å². The summed E-state index contributed by atoms with van der Waals surface area (Å²) >= 11 is 0. The van der Waals surface area contributed by atoms with E-state index in [0.29, 0.717) is 5.56 Å². The molecule has 0 radical (unpaired) electrons. The molecular formula is C11H13F2NOS. The van der Waals surface area contributed by atoms with Gasteiger partial charge in [0.15, 0.2) is 0 Å². The van der Waals surface area contributed by atoms with Crippen LogP contribution >= 0.6 is 0 Å². The van der Waals surface area contributed by atoms with E-state index < -0.39 is 28.5 Å². The molecule has 2 rings (SSSR count). The molecule has 4 unspecified atom stereocenters. The van der Waals surface area contributed by atoms with Gasteiger partial charge in [-0.15, -0.1) is 0 Å². The van der Waals surface area contributed by atoms with Crippen molar-refractivity contribution >= 4 is 10.8 Å².